The second-order valence-corrected chi connectivity index (χ2v) is 5.04. The first kappa shape index (κ1) is 18.5. The number of methoxy groups -OCH3 is 2. The van der Waals surface area contributed by atoms with Crippen LogP contribution in [0.5, 0.6) is 5.75 Å². The van der Waals surface area contributed by atoms with E-state index in [1.807, 2.05) is 18.0 Å². The van der Waals surface area contributed by atoms with E-state index in [2.05, 4.69) is 4.99 Å². The highest BCUT2D eigenvalue weighted by molar-refractivity contribution is 14.0. The van der Waals surface area contributed by atoms with Crippen LogP contribution < -0.4 is 10.5 Å². The molecule has 0 heterocycles. The lowest BCUT2D eigenvalue weighted by atomic mass is 10.1. The molecule has 2 rings (SSSR count). The summed E-state index contributed by atoms with van der Waals surface area (Å²) in [6, 6.07) is 5.84. The van der Waals surface area contributed by atoms with Crippen LogP contribution in [0.25, 0.3) is 0 Å². The van der Waals surface area contributed by atoms with Gasteiger partial charge in [-0.2, -0.15) is 0 Å². The van der Waals surface area contributed by atoms with Crippen LogP contribution in [-0.2, 0) is 11.3 Å². The van der Waals surface area contributed by atoms with Gasteiger partial charge in [0.15, 0.2) is 5.96 Å². The van der Waals surface area contributed by atoms with Crippen LogP contribution in [-0.4, -0.2) is 44.1 Å². The van der Waals surface area contributed by atoms with Crippen molar-refractivity contribution in [2.45, 2.75) is 25.4 Å². The molecule has 0 atom stereocenters. The van der Waals surface area contributed by atoms with Gasteiger partial charge in [-0.15, -0.1) is 24.0 Å². The van der Waals surface area contributed by atoms with E-state index in [0.717, 1.165) is 5.56 Å². The van der Waals surface area contributed by atoms with Crippen molar-refractivity contribution in [3.63, 3.8) is 0 Å². The van der Waals surface area contributed by atoms with Gasteiger partial charge in [-0.25, -0.2) is 9.79 Å². The summed E-state index contributed by atoms with van der Waals surface area (Å²) in [4.78, 5) is 18.1. The highest BCUT2D eigenvalue weighted by atomic mass is 127. The van der Waals surface area contributed by atoms with E-state index in [1.54, 1.807) is 12.1 Å². The minimum absolute atomic E-state index is 0. The molecule has 122 valence electrons. The van der Waals surface area contributed by atoms with Crippen molar-refractivity contribution in [2.75, 3.05) is 21.3 Å². The van der Waals surface area contributed by atoms with E-state index in [9.17, 15) is 4.79 Å². The van der Waals surface area contributed by atoms with E-state index < -0.39 is 5.97 Å². The maximum absolute atomic E-state index is 11.7. The molecule has 0 spiro atoms. The van der Waals surface area contributed by atoms with E-state index in [1.165, 1.54) is 27.1 Å². The summed E-state index contributed by atoms with van der Waals surface area (Å²) < 4.78 is 9.91. The molecule has 1 fully saturated rings. The number of aliphatic imine (C=N–C) groups is 1. The van der Waals surface area contributed by atoms with Crippen LogP contribution in [0.1, 0.15) is 28.8 Å². The Bertz CT molecular complexity index is 559. The third-order valence-electron chi connectivity index (χ3n) is 3.55. The Morgan fingerprint density at radius 2 is 2.09 bits per heavy atom. The third kappa shape index (κ3) is 4.49. The summed E-state index contributed by atoms with van der Waals surface area (Å²) >= 11 is 0. The van der Waals surface area contributed by atoms with Crippen LogP contribution in [0.15, 0.2) is 23.2 Å². The van der Waals surface area contributed by atoms with Crippen molar-refractivity contribution in [3.05, 3.63) is 29.3 Å². The van der Waals surface area contributed by atoms with Gasteiger partial charge in [0.1, 0.15) is 11.3 Å². The van der Waals surface area contributed by atoms with E-state index in [-0.39, 0.29) is 24.0 Å². The number of benzene rings is 1. The minimum Gasteiger partial charge on any atom is -0.496 e. The van der Waals surface area contributed by atoms with E-state index in [0.29, 0.717) is 29.9 Å². The number of esters is 1. The van der Waals surface area contributed by atoms with Gasteiger partial charge in [-0.3, -0.25) is 0 Å². The fraction of sp³-hybridized carbons (Fsp3) is 0.467. The molecule has 6 nitrogen and oxygen atoms in total. The van der Waals surface area contributed by atoms with Crippen molar-refractivity contribution >= 4 is 35.9 Å². The topological polar surface area (TPSA) is 77.1 Å². The molecule has 22 heavy (non-hydrogen) atoms. The van der Waals surface area contributed by atoms with Gasteiger partial charge in [0.25, 0.3) is 0 Å². The molecule has 0 aromatic heterocycles. The van der Waals surface area contributed by atoms with Gasteiger partial charge >= 0.3 is 5.97 Å². The second kappa shape index (κ2) is 8.21. The number of halogens is 1. The lowest BCUT2D eigenvalue weighted by Crippen LogP contribution is -2.35. The SMILES string of the molecule is COC(=O)c1cc(CN=C(N)N(C)C2CC2)ccc1OC.I. The van der Waals surface area contributed by atoms with Crippen LogP contribution >= 0.6 is 24.0 Å². The molecule has 1 aliphatic rings. The zero-order valence-electron chi connectivity index (χ0n) is 13.0. The summed E-state index contributed by atoms with van der Waals surface area (Å²) in [6.45, 7) is 0.414. The molecule has 7 heteroatoms. The Morgan fingerprint density at radius 3 is 2.64 bits per heavy atom. The zero-order valence-corrected chi connectivity index (χ0v) is 15.4. The zero-order chi connectivity index (χ0) is 15.4. The quantitative estimate of drug-likeness (QED) is 0.342. The lowest BCUT2D eigenvalue weighted by molar-refractivity contribution is 0.0597. The summed E-state index contributed by atoms with van der Waals surface area (Å²) in [6.07, 6.45) is 2.34. The number of rotatable bonds is 5. The number of carbonyl (C=O) groups is 1. The van der Waals surface area contributed by atoms with Crippen molar-refractivity contribution < 1.29 is 14.3 Å². The molecule has 0 aliphatic heterocycles. The molecular weight excluding hydrogens is 397 g/mol. The normalized spacial score (nSPS) is 14.0. The van der Waals surface area contributed by atoms with Crippen LogP contribution in [0, 0.1) is 0 Å². The number of hydrogen-bond donors (Lipinski definition) is 1. The first-order valence-corrected chi connectivity index (χ1v) is 6.84. The maximum atomic E-state index is 11.7. The molecule has 1 saturated carbocycles. The Morgan fingerprint density at radius 1 is 1.41 bits per heavy atom. The predicted molar refractivity (Wildman–Crippen MR) is 95.9 cm³/mol. The van der Waals surface area contributed by atoms with Crippen LogP contribution in [0.2, 0.25) is 0 Å². The molecule has 2 N–H and O–H groups in total. The van der Waals surface area contributed by atoms with Crippen molar-refractivity contribution in [1.82, 2.24) is 4.90 Å². The average molecular weight is 419 g/mol. The summed E-state index contributed by atoms with van der Waals surface area (Å²) in [5, 5.41) is 0. The molecule has 0 bridgehead atoms. The lowest BCUT2D eigenvalue weighted by Gasteiger charge is -2.17. The number of guanidine groups is 1. The van der Waals surface area contributed by atoms with Crippen LogP contribution in [0.4, 0.5) is 0 Å². The van der Waals surface area contributed by atoms with Crippen molar-refractivity contribution in [1.29, 1.82) is 0 Å². The van der Waals surface area contributed by atoms with E-state index >= 15 is 0 Å². The smallest absolute Gasteiger partial charge is 0.341 e. The monoisotopic (exact) mass is 419 g/mol. The number of carbonyl (C=O) groups excluding carboxylic acids is 1. The fourth-order valence-electron chi connectivity index (χ4n) is 2.06. The number of hydrogen-bond acceptors (Lipinski definition) is 4. The second-order valence-electron chi connectivity index (χ2n) is 5.04. The Labute approximate surface area is 147 Å². The van der Waals surface area contributed by atoms with Gasteiger partial charge in [0.2, 0.25) is 0 Å². The molecule has 1 aromatic rings. The molecule has 0 radical (unpaired) electrons. The number of nitrogens with zero attached hydrogens (tertiary/aromatic N) is 2. The number of ether oxygens (including phenoxy) is 2. The molecule has 0 saturated heterocycles. The molecule has 0 amide bonds. The van der Waals surface area contributed by atoms with Crippen molar-refractivity contribution in [2.24, 2.45) is 10.7 Å². The first-order valence-electron chi connectivity index (χ1n) is 6.84. The minimum atomic E-state index is -0.430. The average Bonchev–Trinajstić information content (AvgIpc) is 3.35. The maximum Gasteiger partial charge on any atom is 0.341 e. The summed E-state index contributed by atoms with van der Waals surface area (Å²) in [5.74, 6) is 0.575. The summed E-state index contributed by atoms with van der Waals surface area (Å²) in [5.41, 5.74) is 7.21. The Kier molecular flexibility index (Phi) is 6.92. The van der Waals surface area contributed by atoms with Gasteiger partial charge in [-0.05, 0) is 30.5 Å². The highest BCUT2D eigenvalue weighted by Gasteiger charge is 2.27. The molecule has 1 aliphatic carbocycles. The van der Waals surface area contributed by atoms with Gasteiger partial charge in [0.05, 0.1) is 20.8 Å². The summed E-state index contributed by atoms with van der Waals surface area (Å²) in [7, 11) is 4.81. The molecule has 1 aromatic carbocycles. The van der Waals surface area contributed by atoms with Gasteiger partial charge in [0, 0.05) is 13.1 Å². The van der Waals surface area contributed by atoms with Crippen molar-refractivity contribution in [3.8, 4) is 5.75 Å². The van der Waals surface area contributed by atoms with Gasteiger partial charge in [-0.1, -0.05) is 6.07 Å². The van der Waals surface area contributed by atoms with Crippen LogP contribution in [0.3, 0.4) is 0 Å². The fourth-order valence-corrected chi connectivity index (χ4v) is 2.06. The standard InChI is InChI=1S/C15H21N3O3.HI/c1-18(11-5-6-11)15(16)17-9-10-4-7-13(20-2)12(8-10)14(19)21-3;/h4,7-8,11H,5-6,9H2,1-3H3,(H2,16,17);1H. The predicted octanol–water partition coefficient (Wildman–Crippen LogP) is 2.01. The Balaban J connectivity index is 0.00000242. The third-order valence-corrected chi connectivity index (χ3v) is 3.55. The van der Waals surface area contributed by atoms with Gasteiger partial charge < -0.3 is 20.1 Å². The molecular formula is C15H22IN3O3. The Hall–Kier alpha value is -1.51. The highest BCUT2D eigenvalue weighted by Crippen LogP contribution is 2.25. The number of nitrogens with two attached hydrogens (primary N) is 1. The largest absolute Gasteiger partial charge is 0.496 e. The molecule has 0 unspecified atom stereocenters. The first-order chi connectivity index (χ1) is 10.1. The van der Waals surface area contributed by atoms with E-state index in [4.69, 9.17) is 15.2 Å².